The normalized spacial score (nSPS) is 17.2. The minimum absolute atomic E-state index is 0.260. The highest BCUT2D eigenvalue weighted by Crippen LogP contribution is 2.36. The lowest BCUT2D eigenvalue weighted by Crippen LogP contribution is -2.34. The van der Waals surface area contributed by atoms with Crippen LogP contribution in [0.15, 0.2) is 12.1 Å². The van der Waals surface area contributed by atoms with Crippen molar-refractivity contribution in [1.82, 2.24) is 5.32 Å². The second-order valence-electron chi connectivity index (χ2n) is 4.21. The number of hydrogen-bond donors (Lipinski definition) is 4. The summed E-state index contributed by atoms with van der Waals surface area (Å²) in [5.41, 5.74) is 0.576. The lowest BCUT2D eigenvalue weighted by atomic mass is 10.1. The minimum atomic E-state index is -0.462. The van der Waals surface area contributed by atoms with Crippen LogP contribution in [0.1, 0.15) is 18.4 Å². The number of rotatable bonds is 3. The molecular formula is C12H17NO4. The zero-order valence-corrected chi connectivity index (χ0v) is 9.52. The molecule has 0 atom stereocenters. The van der Waals surface area contributed by atoms with Crippen molar-refractivity contribution in [3.8, 4) is 17.2 Å². The van der Waals surface area contributed by atoms with Crippen LogP contribution >= 0.6 is 0 Å². The van der Waals surface area contributed by atoms with Crippen LogP contribution in [0.25, 0.3) is 0 Å². The first-order valence-corrected chi connectivity index (χ1v) is 5.72. The van der Waals surface area contributed by atoms with Crippen LogP contribution in [0.5, 0.6) is 17.2 Å². The second kappa shape index (κ2) is 5.25. The summed E-state index contributed by atoms with van der Waals surface area (Å²) in [6, 6.07) is 3.34. The van der Waals surface area contributed by atoms with Gasteiger partial charge in [-0.3, -0.25) is 0 Å². The molecule has 1 aliphatic rings. The number of nitrogens with one attached hydrogen (secondary N) is 1. The molecule has 94 valence electrons. The van der Waals surface area contributed by atoms with E-state index in [-0.39, 0.29) is 11.5 Å². The molecule has 1 aliphatic heterocycles. The van der Waals surface area contributed by atoms with Gasteiger partial charge < -0.3 is 25.4 Å². The first-order chi connectivity index (χ1) is 8.18. The fourth-order valence-electron chi connectivity index (χ4n) is 1.91. The van der Waals surface area contributed by atoms with Gasteiger partial charge in [0.05, 0.1) is 0 Å². The lowest BCUT2D eigenvalue weighted by Gasteiger charge is -2.23. The van der Waals surface area contributed by atoms with Crippen molar-refractivity contribution in [1.29, 1.82) is 0 Å². The Hall–Kier alpha value is -1.46. The van der Waals surface area contributed by atoms with Crippen LogP contribution in [0.2, 0.25) is 0 Å². The van der Waals surface area contributed by atoms with Crippen molar-refractivity contribution in [2.75, 3.05) is 13.2 Å². The fourth-order valence-corrected chi connectivity index (χ4v) is 1.91. The van der Waals surface area contributed by atoms with Crippen LogP contribution < -0.4 is 5.32 Å². The summed E-state index contributed by atoms with van der Waals surface area (Å²) in [5.74, 6) is -1.03. The molecule has 1 aromatic rings. The van der Waals surface area contributed by atoms with E-state index in [0.717, 1.165) is 26.1 Å². The van der Waals surface area contributed by atoms with E-state index in [0.29, 0.717) is 18.2 Å². The van der Waals surface area contributed by atoms with Gasteiger partial charge in [-0.25, -0.2) is 0 Å². The van der Waals surface area contributed by atoms with E-state index in [2.05, 4.69) is 5.32 Å². The van der Waals surface area contributed by atoms with E-state index in [1.54, 1.807) is 6.07 Å². The molecular weight excluding hydrogens is 222 g/mol. The average Bonchev–Trinajstić information content (AvgIpc) is 2.36. The summed E-state index contributed by atoms with van der Waals surface area (Å²) in [6.07, 6.45) is 1.90. The number of hydrogen-bond acceptors (Lipinski definition) is 5. The summed E-state index contributed by atoms with van der Waals surface area (Å²) >= 11 is 0. The van der Waals surface area contributed by atoms with Crippen molar-refractivity contribution in [3.05, 3.63) is 17.7 Å². The van der Waals surface area contributed by atoms with Crippen molar-refractivity contribution in [3.63, 3.8) is 0 Å². The van der Waals surface area contributed by atoms with Crippen LogP contribution in [-0.4, -0.2) is 34.6 Å². The SMILES string of the molecule is Oc1ccc(CNC2CCOCC2)c(O)c1O. The summed E-state index contributed by atoms with van der Waals surface area (Å²) in [7, 11) is 0. The zero-order valence-electron chi connectivity index (χ0n) is 9.52. The number of aromatic hydroxyl groups is 3. The molecule has 0 saturated carbocycles. The first-order valence-electron chi connectivity index (χ1n) is 5.72. The molecule has 0 amide bonds. The topological polar surface area (TPSA) is 82.0 Å². The number of phenolic OH excluding ortho intramolecular Hbond substituents is 3. The highest BCUT2D eigenvalue weighted by molar-refractivity contribution is 5.52. The Kier molecular flexibility index (Phi) is 3.71. The van der Waals surface area contributed by atoms with Crippen LogP contribution in [0, 0.1) is 0 Å². The molecule has 4 N–H and O–H groups in total. The zero-order chi connectivity index (χ0) is 12.3. The quantitative estimate of drug-likeness (QED) is 0.593. The molecule has 0 spiro atoms. The fraction of sp³-hybridized carbons (Fsp3) is 0.500. The van der Waals surface area contributed by atoms with Crippen molar-refractivity contribution in [2.45, 2.75) is 25.4 Å². The summed E-state index contributed by atoms with van der Waals surface area (Å²) < 4.78 is 5.25. The van der Waals surface area contributed by atoms with Gasteiger partial charge in [0.15, 0.2) is 11.5 Å². The van der Waals surface area contributed by atoms with Crippen LogP contribution in [0.3, 0.4) is 0 Å². The van der Waals surface area contributed by atoms with E-state index < -0.39 is 5.75 Å². The molecule has 1 heterocycles. The standard InChI is InChI=1S/C12H17NO4/c14-10-2-1-8(11(15)12(10)16)7-13-9-3-5-17-6-4-9/h1-2,9,13-16H,3-7H2. The van der Waals surface area contributed by atoms with Gasteiger partial charge in [-0.05, 0) is 18.9 Å². The van der Waals surface area contributed by atoms with Gasteiger partial charge in [0.2, 0.25) is 5.75 Å². The Labute approximate surface area is 99.7 Å². The number of ether oxygens (including phenoxy) is 1. The highest BCUT2D eigenvalue weighted by Gasteiger charge is 2.15. The number of benzene rings is 1. The number of phenols is 3. The maximum atomic E-state index is 9.63. The van der Waals surface area contributed by atoms with Gasteiger partial charge in [0.25, 0.3) is 0 Å². The Morgan fingerprint density at radius 1 is 1.12 bits per heavy atom. The molecule has 1 aromatic carbocycles. The molecule has 17 heavy (non-hydrogen) atoms. The van der Waals surface area contributed by atoms with Crippen molar-refractivity contribution < 1.29 is 20.1 Å². The Morgan fingerprint density at radius 3 is 2.53 bits per heavy atom. The molecule has 5 nitrogen and oxygen atoms in total. The van der Waals surface area contributed by atoms with Gasteiger partial charge in [-0.1, -0.05) is 6.07 Å². The molecule has 0 bridgehead atoms. The third kappa shape index (κ3) is 2.81. The van der Waals surface area contributed by atoms with E-state index in [4.69, 9.17) is 4.74 Å². The smallest absolute Gasteiger partial charge is 0.200 e. The van der Waals surface area contributed by atoms with E-state index >= 15 is 0 Å². The predicted octanol–water partition coefficient (Wildman–Crippen LogP) is 1.07. The van der Waals surface area contributed by atoms with E-state index in [1.165, 1.54) is 6.07 Å². The monoisotopic (exact) mass is 239 g/mol. The highest BCUT2D eigenvalue weighted by atomic mass is 16.5. The van der Waals surface area contributed by atoms with E-state index in [1.807, 2.05) is 0 Å². The minimum Gasteiger partial charge on any atom is -0.504 e. The summed E-state index contributed by atoms with van der Waals surface area (Å²) in [4.78, 5) is 0. The average molecular weight is 239 g/mol. The lowest BCUT2D eigenvalue weighted by molar-refractivity contribution is 0.0775. The Bertz CT molecular complexity index is 388. The molecule has 0 radical (unpaired) electrons. The molecule has 0 aromatic heterocycles. The Morgan fingerprint density at radius 2 is 1.82 bits per heavy atom. The molecule has 1 fully saturated rings. The molecule has 5 heteroatoms. The van der Waals surface area contributed by atoms with Gasteiger partial charge in [-0.15, -0.1) is 0 Å². The van der Waals surface area contributed by atoms with Crippen LogP contribution in [0.4, 0.5) is 0 Å². The maximum Gasteiger partial charge on any atom is 0.200 e. The largest absolute Gasteiger partial charge is 0.504 e. The summed E-state index contributed by atoms with van der Waals surface area (Å²) in [5, 5.41) is 31.5. The van der Waals surface area contributed by atoms with Gasteiger partial charge in [0.1, 0.15) is 0 Å². The molecule has 0 aliphatic carbocycles. The van der Waals surface area contributed by atoms with Gasteiger partial charge in [0, 0.05) is 31.4 Å². The molecule has 1 saturated heterocycles. The second-order valence-corrected chi connectivity index (χ2v) is 4.21. The molecule has 0 unspecified atom stereocenters. The Balaban J connectivity index is 1.96. The van der Waals surface area contributed by atoms with Crippen molar-refractivity contribution in [2.24, 2.45) is 0 Å². The summed E-state index contributed by atoms with van der Waals surface area (Å²) in [6.45, 7) is 1.97. The van der Waals surface area contributed by atoms with E-state index in [9.17, 15) is 15.3 Å². The first kappa shape index (κ1) is 12.0. The van der Waals surface area contributed by atoms with Gasteiger partial charge in [-0.2, -0.15) is 0 Å². The van der Waals surface area contributed by atoms with Crippen molar-refractivity contribution >= 4 is 0 Å². The predicted molar refractivity (Wildman–Crippen MR) is 62.1 cm³/mol. The third-order valence-corrected chi connectivity index (χ3v) is 3.02. The van der Waals surface area contributed by atoms with Crippen LogP contribution in [-0.2, 0) is 11.3 Å². The van der Waals surface area contributed by atoms with Gasteiger partial charge >= 0.3 is 0 Å². The third-order valence-electron chi connectivity index (χ3n) is 3.02. The molecule has 2 rings (SSSR count). The maximum absolute atomic E-state index is 9.63.